The molecule has 0 heteroatoms. The van der Waals surface area contributed by atoms with Gasteiger partial charge in [0, 0.05) is 0 Å². The monoisotopic (exact) mass is 959 g/mol. The summed E-state index contributed by atoms with van der Waals surface area (Å²) < 4.78 is 0. The van der Waals surface area contributed by atoms with E-state index in [4.69, 9.17) is 0 Å². The Morgan fingerprint density at radius 3 is 1.07 bits per heavy atom. The van der Waals surface area contributed by atoms with Gasteiger partial charge in [-0.3, -0.25) is 0 Å². The van der Waals surface area contributed by atoms with E-state index in [1.54, 1.807) is 0 Å². The second-order valence-electron chi connectivity index (χ2n) is 22.9. The molecule has 390 valence electrons. The average Bonchev–Trinajstić information content (AvgIpc) is 3.32. The maximum atomic E-state index is 2.36. The largest absolute Gasteiger partial charge is 0.0625 e. The zero-order chi connectivity index (χ0) is 53.8. The van der Waals surface area contributed by atoms with Gasteiger partial charge >= 0.3 is 0 Å². The summed E-state index contributed by atoms with van der Waals surface area (Å²) in [6.07, 6.45) is 7.46. The number of benzene rings is 6. The zero-order valence-corrected chi connectivity index (χ0v) is 49.9. The molecule has 0 bridgehead atoms. The molecule has 0 nitrogen and oxygen atoms in total. The summed E-state index contributed by atoms with van der Waals surface area (Å²) in [7, 11) is 0. The van der Waals surface area contributed by atoms with E-state index in [1.165, 1.54) is 110 Å². The van der Waals surface area contributed by atoms with Gasteiger partial charge in [0.25, 0.3) is 0 Å². The van der Waals surface area contributed by atoms with Crippen LogP contribution in [-0.4, -0.2) is 0 Å². The highest BCUT2D eigenvalue weighted by molar-refractivity contribution is 5.38. The van der Waals surface area contributed by atoms with Gasteiger partial charge in [-0.2, -0.15) is 0 Å². The molecule has 0 heterocycles. The van der Waals surface area contributed by atoms with Crippen LogP contribution in [0.4, 0.5) is 0 Å². The van der Waals surface area contributed by atoms with Crippen molar-refractivity contribution >= 4 is 0 Å². The summed E-state index contributed by atoms with van der Waals surface area (Å²) >= 11 is 0. The van der Waals surface area contributed by atoms with E-state index in [0.717, 1.165) is 11.8 Å². The van der Waals surface area contributed by atoms with Gasteiger partial charge in [0.1, 0.15) is 0 Å². The molecule has 0 radical (unpaired) electrons. The quantitative estimate of drug-likeness (QED) is 0.150. The molecule has 71 heavy (non-hydrogen) atoms. The third-order valence-corrected chi connectivity index (χ3v) is 13.8. The Morgan fingerprint density at radius 2 is 0.704 bits per heavy atom. The summed E-state index contributed by atoms with van der Waals surface area (Å²) in [6, 6.07) is 47.8. The van der Waals surface area contributed by atoms with Crippen molar-refractivity contribution in [3.05, 3.63) is 211 Å². The van der Waals surface area contributed by atoms with E-state index in [9.17, 15) is 0 Å². The number of hydrogen-bond donors (Lipinski definition) is 0. The molecule has 0 aromatic heterocycles. The molecule has 7 rings (SSSR count). The summed E-state index contributed by atoms with van der Waals surface area (Å²) in [5.41, 5.74) is 19.7. The fourth-order valence-electron chi connectivity index (χ4n) is 8.60. The van der Waals surface area contributed by atoms with E-state index in [0.29, 0.717) is 35.5 Å². The molecule has 1 aliphatic rings. The van der Waals surface area contributed by atoms with Crippen molar-refractivity contribution in [2.45, 2.75) is 220 Å². The average molecular weight is 960 g/mol. The molecule has 1 fully saturated rings. The molecule has 6 aromatic rings. The lowest BCUT2D eigenvalue weighted by molar-refractivity contribution is 0.279. The first-order chi connectivity index (χ1) is 33.3. The first-order valence-corrected chi connectivity index (χ1v) is 27.7. The molecule has 0 amide bonds. The molecule has 6 aromatic carbocycles. The molecule has 0 unspecified atom stereocenters. The molecule has 0 N–H and O–H groups in total. The van der Waals surface area contributed by atoms with Gasteiger partial charge in [0.05, 0.1) is 0 Å². The van der Waals surface area contributed by atoms with E-state index in [-0.39, 0.29) is 0 Å². The second-order valence-corrected chi connectivity index (χ2v) is 22.9. The Bertz CT molecular complexity index is 2240. The first-order valence-electron chi connectivity index (χ1n) is 27.7. The molecule has 0 atom stereocenters. The lowest BCUT2D eigenvalue weighted by Crippen LogP contribution is -2.12. The topological polar surface area (TPSA) is 0 Å². The van der Waals surface area contributed by atoms with Crippen LogP contribution in [0.2, 0.25) is 0 Å². The highest BCUT2D eigenvalue weighted by Crippen LogP contribution is 2.29. The Kier molecular flexibility index (Phi) is 31.4. The maximum Gasteiger partial charge on any atom is -0.0216 e. The van der Waals surface area contributed by atoms with Crippen molar-refractivity contribution in [1.29, 1.82) is 0 Å². The van der Waals surface area contributed by atoms with E-state index >= 15 is 0 Å². The summed E-state index contributed by atoms with van der Waals surface area (Å²) in [6.45, 7) is 48.6. The van der Waals surface area contributed by atoms with Crippen molar-refractivity contribution in [2.75, 3.05) is 0 Å². The number of hydrogen-bond acceptors (Lipinski definition) is 0. The first kappa shape index (κ1) is 64.3. The minimum absolute atomic E-state index is 0.642. The highest BCUT2D eigenvalue weighted by atomic mass is 14.2. The van der Waals surface area contributed by atoms with Crippen molar-refractivity contribution in [3.8, 4) is 0 Å². The predicted molar refractivity (Wildman–Crippen MR) is 322 cm³/mol. The number of aryl methyl sites for hydroxylation is 7. The third-order valence-electron chi connectivity index (χ3n) is 13.8. The van der Waals surface area contributed by atoms with Gasteiger partial charge < -0.3 is 0 Å². The Labute approximate surface area is 441 Å². The molecular weight excluding hydrogens is 853 g/mol. The Hall–Kier alpha value is -4.68. The minimum Gasteiger partial charge on any atom is -0.0625 e. The van der Waals surface area contributed by atoms with Crippen LogP contribution in [0.5, 0.6) is 0 Å². The van der Waals surface area contributed by atoms with Crippen molar-refractivity contribution in [3.63, 3.8) is 0 Å². The lowest BCUT2D eigenvalue weighted by atomic mass is 9.82. The molecule has 1 saturated carbocycles. The second kappa shape index (κ2) is 34.6. The van der Waals surface area contributed by atoms with Crippen LogP contribution in [0.25, 0.3) is 0 Å². The highest BCUT2D eigenvalue weighted by Gasteiger charge is 2.15. The standard InChI is InChI=1S/C12H18.C11H16.3C10H14.C9H18.C9H12/c1-8(2)12-6-9(3)11(5)10(4)7-12;1-8(2)11-6-9(3)5-10(4)7-11;1-8(2)10-6-4-9(3)5-7-10;1-8(2)10-6-4-5-9(3)7-10;1-8(2)10-7-5-4-6-9(10)3;2*1-8(2)9-6-4-3-5-7-9/h6-8H,1-5H3;5-8H,1-4H3;3*4-8H,1-3H3;8-9H,3-7H2,1-2H3;3-8H,1-2H3. The minimum atomic E-state index is 0.642. The Morgan fingerprint density at radius 1 is 0.296 bits per heavy atom. The molecule has 0 aliphatic heterocycles. The van der Waals surface area contributed by atoms with Crippen LogP contribution < -0.4 is 0 Å². The smallest absolute Gasteiger partial charge is 0.0216 e. The molecule has 1 aliphatic carbocycles. The van der Waals surface area contributed by atoms with Crippen molar-refractivity contribution in [2.24, 2.45) is 11.8 Å². The lowest BCUT2D eigenvalue weighted by Gasteiger charge is -2.24. The van der Waals surface area contributed by atoms with Crippen LogP contribution in [0.1, 0.15) is 242 Å². The summed E-state index contributed by atoms with van der Waals surface area (Å²) in [5, 5.41) is 0. The summed E-state index contributed by atoms with van der Waals surface area (Å²) in [5.74, 6) is 5.90. The van der Waals surface area contributed by atoms with Crippen LogP contribution in [-0.2, 0) is 0 Å². The summed E-state index contributed by atoms with van der Waals surface area (Å²) in [4.78, 5) is 0. The molecule has 0 spiro atoms. The fourth-order valence-corrected chi connectivity index (χ4v) is 8.60. The van der Waals surface area contributed by atoms with Gasteiger partial charge in [-0.1, -0.05) is 285 Å². The van der Waals surface area contributed by atoms with Gasteiger partial charge in [-0.15, -0.1) is 0 Å². The zero-order valence-electron chi connectivity index (χ0n) is 49.9. The van der Waals surface area contributed by atoms with Gasteiger partial charge in [0.15, 0.2) is 0 Å². The van der Waals surface area contributed by atoms with E-state index in [1.807, 2.05) is 6.07 Å². The number of rotatable bonds is 7. The normalized spacial score (nSPS) is 12.1. The molecular formula is C71H106. The molecule has 0 saturated heterocycles. The van der Waals surface area contributed by atoms with Crippen LogP contribution in [0.15, 0.2) is 133 Å². The van der Waals surface area contributed by atoms with Crippen LogP contribution in [0, 0.1) is 67.2 Å². The van der Waals surface area contributed by atoms with Gasteiger partial charge in [-0.05, 0) is 158 Å². The van der Waals surface area contributed by atoms with Crippen molar-refractivity contribution < 1.29 is 0 Å². The Balaban J connectivity index is 0.000000415. The third kappa shape index (κ3) is 27.1. The van der Waals surface area contributed by atoms with Gasteiger partial charge in [-0.25, -0.2) is 0 Å². The van der Waals surface area contributed by atoms with E-state index < -0.39 is 0 Å². The van der Waals surface area contributed by atoms with Crippen LogP contribution >= 0.6 is 0 Å². The maximum absolute atomic E-state index is 2.36. The fraction of sp³-hybridized carbons (Fsp3) is 0.493. The van der Waals surface area contributed by atoms with E-state index in [2.05, 4.69) is 280 Å². The van der Waals surface area contributed by atoms with Crippen molar-refractivity contribution in [1.82, 2.24) is 0 Å². The predicted octanol–water partition coefficient (Wildman–Crippen LogP) is 22.6. The SMILES string of the molecule is CC(C)C1CCCCC1.CC(C)c1ccccc1.Cc1cc(C(C)C)cc(C)c1C.Cc1cc(C)cc(C(C)C)c1.Cc1ccc(C(C)C)cc1.Cc1cccc(C(C)C)c1.Cc1ccccc1C(C)C. The van der Waals surface area contributed by atoms with Crippen LogP contribution in [0.3, 0.4) is 0 Å². The van der Waals surface area contributed by atoms with Gasteiger partial charge in [0.2, 0.25) is 0 Å².